The van der Waals surface area contributed by atoms with Crippen LogP contribution in [0.15, 0.2) is 35.4 Å². The number of allylic oxidation sites excluding steroid dienone is 8. The van der Waals surface area contributed by atoms with Gasteiger partial charge in [0, 0.05) is 55.7 Å². The molecule has 14 heteroatoms. The maximum absolute atomic E-state index is 15.6. The van der Waals surface area contributed by atoms with Crippen molar-refractivity contribution in [1.29, 1.82) is 52.6 Å². The Labute approximate surface area is 273 Å². The molecule has 2 aromatic carbocycles. The topological polar surface area (TPSA) is 251 Å². The minimum atomic E-state index is -1.33. The van der Waals surface area contributed by atoms with Crippen LogP contribution in [0.25, 0.3) is 33.4 Å². The molecule has 0 N–H and O–H groups in total. The molecule has 0 unspecified atom stereocenters. The molecular weight excluding hydrogens is 631 g/mol. The molecule has 3 aromatic rings. The quantitative estimate of drug-likeness (QED) is 0.251. The van der Waals surface area contributed by atoms with Gasteiger partial charge in [-0.1, -0.05) is 0 Å². The Morgan fingerprint density at radius 1 is 0.510 bits per heavy atom. The summed E-state index contributed by atoms with van der Waals surface area (Å²) in [5.74, 6) is -3.87. The lowest BCUT2D eigenvalue weighted by molar-refractivity contribution is 0.579. The van der Waals surface area contributed by atoms with Crippen LogP contribution in [0.1, 0.15) is 55.8 Å². The second-order valence-corrected chi connectivity index (χ2v) is 9.71. The number of benzene rings is 2. The highest BCUT2D eigenvalue weighted by Crippen LogP contribution is 2.58. The van der Waals surface area contributed by atoms with Crippen molar-refractivity contribution in [2.75, 3.05) is 0 Å². The first-order valence-corrected chi connectivity index (χ1v) is 13.1. The van der Waals surface area contributed by atoms with Gasteiger partial charge >= 0.3 is 0 Å². The van der Waals surface area contributed by atoms with Crippen molar-refractivity contribution >= 4 is 33.4 Å². The molecular formula is C35H4F3N11. The van der Waals surface area contributed by atoms with E-state index in [0.717, 1.165) is 12.1 Å². The zero-order valence-electron chi connectivity index (χ0n) is 23.9. The van der Waals surface area contributed by atoms with Crippen molar-refractivity contribution in [1.82, 2.24) is 4.98 Å². The van der Waals surface area contributed by atoms with E-state index in [1.165, 1.54) is 6.07 Å². The van der Waals surface area contributed by atoms with Gasteiger partial charge < -0.3 is 0 Å². The molecule has 0 fully saturated rings. The van der Waals surface area contributed by atoms with Crippen molar-refractivity contribution in [3.8, 4) is 60.7 Å². The summed E-state index contributed by atoms with van der Waals surface area (Å²) in [5.41, 5.74) is -10.6. The monoisotopic (exact) mass is 635 g/mol. The Hall–Kier alpha value is -8.76. The fourth-order valence-corrected chi connectivity index (χ4v) is 5.77. The highest BCUT2D eigenvalue weighted by molar-refractivity contribution is 6.32. The fraction of sp³-hybridized carbons (Fsp3) is 0. The third-order valence-electron chi connectivity index (χ3n) is 7.57. The molecule has 1 heterocycles. The molecule has 5 rings (SSSR count). The van der Waals surface area contributed by atoms with Crippen LogP contribution in [0.4, 0.5) is 13.2 Å². The average Bonchev–Trinajstić information content (AvgIpc) is 3.62. The molecule has 1 aromatic heterocycles. The predicted molar refractivity (Wildman–Crippen MR) is 157 cm³/mol. The Morgan fingerprint density at radius 3 is 1.41 bits per heavy atom. The molecule has 0 saturated heterocycles. The van der Waals surface area contributed by atoms with Crippen molar-refractivity contribution in [3.05, 3.63) is 109 Å². The molecule has 2 aliphatic carbocycles. The van der Waals surface area contributed by atoms with E-state index >= 15 is 8.78 Å². The van der Waals surface area contributed by atoms with Crippen molar-refractivity contribution in [2.24, 2.45) is 0 Å². The van der Waals surface area contributed by atoms with E-state index in [2.05, 4.69) is 4.98 Å². The van der Waals surface area contributed by atoms with E-state index in [-0.39, 0.29) is 5.69 Å². The van der Waals surface area contributed by atoms with E-state index in [4.69, 9.17) is 0 Å². The highest BCUT2D eigenvalue weighted by atomic mass is 19.1. The summed E-state index contributed by atoms with van der Waals surface area (Å²) in [5, 5.41) is 100. The molecule has 220 valence electrons. The molecule has 0 amide bonds. The van der Waals surface area contributed by atoms with Gasteiger partial charge in [-0.25, -0.2) is 13.8 Å². The van der Waals surface area contributed by atoms with Gasteiger partial charge in [0.25, 0.3) is 0 Å². The minimum absolute atomic E-state index is 0.380. The van der Waals surface area contributed by atoms with Crippen molar-refractivity contribution < 1.29 is 13.2 Å². The van der Waals surface area contributed by atoms with Gasteiger partial charge in [-0.2, -0.15) is 57.0 Å². The number of nitrogens with zero attached hydrogens (tertiary/aromatic N) is 11. The molecule has 49 heavy (non-hydrogen) atoms. The Morgan fingerprint density at radius 2 is 1.00 bits per heavy atom. The second-order valence-electron chi connectivity index (χ2n) is 9.71. The third kappa shape index (κ3) is 4.32. The summed E-state index contributed by atoms with van der Waals surface area (Å²) in [6.45, 7) is 0. The summed E-state index contributed by atoms with van der Waals surface area (Å²) >= 11 is 0. The van der Waals surface area contributed by atoms with E-state index in [1.807, 2.05) is 0 Å². The van der Waals surface area contributed by atoms with Crippen molar-refractivity contribution in [2.45, 2.75) is 0 Å². The Kier molecular flexibility index (Phi) is 7.73. The fourth-order valence-electron chi connectivity index (χ4n) is 5.77. The first-order valence-electron chi connectivity index (χ1n) is 13.1. The lowest BCUT2D eigenvalue weighted by atomic mass is 9.82. The molecule has 11 nitrogen and oxygen atoms in total. The van der Waals surface area contributed by atoms with E-state index in [9.17, 15) is 57.0 Å². The summed E-state index contributed by atoms with van der Waals surface area (Å²) in [6.07, 6.45) is 0. The number of hydrogen-bond acceptors (Lipinski definition) is 11. The number of fused-ring (bicyclic) bond motifs is 2. The van der Waals surface area contributed by atoms with Gasteiger partial charge in [-0.3, -0.25) is 0 Å². The van der Waals surface area contributed by atoms with Gasteiger partial charge in [0.15, 0.2) is 0 Å². The third-order valence-corrected chi connectivity index (χ3v) is 7.57. The van der Waals surface area contributed by atoms with Crippen LogP contribution in [0, 0.1) is 131 Å². The Bertz CT molecular complexity index is 2710. The number of pyridine rings is 1. The molecule has 2 aliphatic rings. The van der Waals surface area contributed by atoms with Crippen molar-refractivity contribution in [3.63, 3.8) is 0 Å². The van der Waals surface area contributed by atoms with Gasteiger partial charge in [0.2, 0.25) is 5.95 Å². The SMILES string of the molecule is N#CC(C#N)=C1C(c2cc(F)c(C#N)cc2F)=C(C#N)c2c(C#N)c3c(c(C#N)c21)C(=C(C#N)C#N)C(c1ccc(C#N)nc1F)=C3C#N. The molecule has 0 atom stereocenters. The summed E-state index contributed by atoms with van der Waals surface area (Å²) in [6, 6.07) is 19.7. The predicted octanol–water partition coefficient (Wildman–Crippen LogP) is 5.48. The van der Waals surface area contributed by atoms with Crippen LogP contribution in [-0.4, -0.2) is 4.98 Å². The molecule has 0 aliphatic heterocycles. The normalized spacial score (nSPS) is 11.9. The van der Waals surface area contributed by atoms with Gasteiger partial charge in [0.1, 0.15) is 89.2 Å². The lowest BCUT2D eigenvalue weighted by Crippen LogP contribution is -2.05. The smallest absolute Gasteiger partial charge is 0.208 e. The largest absolute Gasteiger partial charge is 0.222 e. The zero-order chi connectivity index (χ0) is 35.7. The van der Waals surface area contributed by atoms with E-state index in [0.29, 0.717) is 12.1 Å². The van der Waals surface area contributed by atoms with Crippen LogP contribution in [0.2, 0.25) is 0 Å². The van der Waals surface area contributed by atoms with Crippen LogP contribution >= 0.6 is 0 Å². The molecule has 0 spiro atoms. The lowest BCUT2D eigenvalue weighted by Gasteiger charge is -2.16. The maximum Gasteiger partial charge on any atom is 0.222 e. The maximum atomic E-state index is 15.6. The zero-order valence-corrected chi connectivity index (χ0v) is 23.9. The number of hydrogen-bond donors (Lipinski definition) is 0. The van der Waals surface area contributed by atoms with E-state index in [1.54, 1.807) is 54.6 Å². The minimum Gasteiger partial charge on any atom is -0.208 e. The summed E-state index contributed by atoms with van der Waals surface area (Å²) < 4.78 is 46.0. The first-order chi connectivity index (χ1) is 23.7. The summed E-state index contributed by atoms with van der Waals surface area (Å²) in [7, 11) is 0. The number of aromatic nitrogens is 1. The standard InChI is InChI=1S/C35H4F3N11/c36-25-4-20(26(37)3-15(25)5-39)30-22(12-46)32-23(13-47)31-21(11-45)29(19-2-1-18(10-44)49-35(19)38)27(16(6-40)7-41)33(31)24(14-48)34(32)28(30)17(8-42)9-43/h1-4H. The van der Waals surface area contributed by atoms with E-state index < -0.39 is 112 Å². The van der Waals surface area contributed by atoms with Crippen LogP contribution in [0.3, 0.4) is 0 Å². The molecule has 0 radical (unpaired) electrons. The highest BCUT2D eigenvalue weighted by Gasteiger charge is 2.44. The average molecular weight is 635 g/mol. The van der Waals surface area contributed by atoms with Crippen LogP contribution in [-0.2, 0) is 0 Å². The second kappa shape index (κ2) is 12.0. The van der Waals surface area contributed by atoms with Gasteiger partial charge in [-0.15, -0.1) is 0 Å². The molecule has 0 bridgehead atoms. The first kappa shape index (κ1) is 31.7. The Balaban J connectivity index is 2.13. The van der Waals surface area contributed by atoms with Crippen LogP contribution < -0.4 is 0 Å². The van der Waals surface area contributed by atoms with Gasteiger partial charge in [0.05, 0.1) is 27.8 Å². The van der Waals surface area contributed by atoms with Crippen LogP contribution in [0.5, 0.6) is 0 Å². The number of nitriles is 10. The molecule has 0 saturated carbocycles. The summed E-state index contributed by atoms with van der Waals surface area (Å²) in [4.78, 5) is 3.51. The number of halogens is 3. The number of rotatable bonds is 2. The van der Waals surface area contributed by atoms with Gasteiger partial charge in [-0.05, 0) is 24.3 Å².